The van der Waals surface area contributed by atoms with E-state index in [1.54, 1.807) is 0 Å². The fourth-order valence-corrected chi connectivity index (χ4v) is 6.57. The van der Waals surface area contributed by atoms with Crippen molar-refractivity contribution in [2.24, 2.45) is 14.1 Å². The number of halogens is 6. The van der Waals surface area contributed by atoms with Crippen molar-refractivity contribution in [2.45, 2.75) is 81.6 Å². The quantitative estimate of drug-likeness (QED) is 0.144. The Morgan fingerprint density at radius 1 is 0.787 bits per heavy atom. The van der Waals surface area contributed by atoms with Crippen LogP contribution in [0.15, 0.2) is 28.8 Å². The van der Waals surface area contributed by atoms with E-state index in [4.69, 9.17) is 0 Å². The van der Waals surface area contributed by atoms with Crippen molar-refractivity contribution in [2.75, 3.05) is 13.2 Å². The van der Waals surface area contributed by atoms with E-state index in [2.05, 4.69) is 43.1 Å². The predicted octanol–water partition coefficient (Wildman–Crippen LogP) is 1.31. The Balaban J connectivity index is 0. The zero-order chi connectivity index (χ0) is 37.8. The summed E-state index contributed by atoms with van der Waals surface area (Å²) >= 11 is 0. The van der Waals surface area contributed by atoms with Gasteiger partial charge in [0.1, 0.15) is 12.4 Å². The normalized spacial score (nSPS) is 12.7. The summed E-state index contributed by atoms with van der Waals surface area (Å²) in [6, 6.07) is 0. The molecular formula is C21H36F6N4O12S4. The lowest BCUT2D eigenvalue weighted by Crippen LogP contribution is -2.41. The van der Waals surface area contributed by atoms with E-state index >= 15 is 0 Å². The first-order chi connectivity index (χ1) is 21.0. The molecule has 0 atom stereocenters. The van der Waals surface area contributed by atoms with E-state index in [0.717, 1.165) is 27.4 Å². The minimum absolute atomic E-state index is 0.0914. The largest absolute Gasteiger partial charge is 0.726 e. The van der Waals surface area contributed by atoms with E-state index in [-0.39, 0.29) is 17.8 Å². The van der Waals surface area contributed by atoms with Crippen molar-refractivity contribution in [1.29, 1.82) is 0 Å². The van der Waals surface area contributed by atoms with Crippen LogP contribution in [-0.2, 0) is 76.0 Å². The van der Waals surface area contributed by atoms with Crippen LogP contribution in [0, 0.1) is 6.92 Å². The highest BCUT2D eigenvalue weighted by Gasteiger charge is 2.61. The minimum Gasteiger partial charge on any atom is -0.726 e. The molecule has 0 saturated heterocycles. The molecule has 0 fully saturated rings. The predicted molar refractivity (Wildman–Crippen MR) is 146 cm³/mol. The fourth-order valence-electron chi connectivity index (χ4n) is 3.14. The lowest BCUT2D eigenvalue weighted by Gasteiger charge is -2.09. The molecule has 0 aromatic carbocycles. The Morgan fingerprint density at radius 3 is 1.47 bits per heavy atom. The maximum atomic E-state index is 12.8. The molecule has 0 N–H and O–H groups in total. The Bertz CT molecular complexity index is 1680. The summed E-state index contributed by atoms with van der Waals surface area (Å²) in [5.41, 5.74) is -11.9. The number of nitrogens with zero attached hydrogens (tertiary/aromatic N) is 4. The summed E-state index contributed by atoms with van der Waals surface area (Å²) in [5, 5.41) is -3.92. The van der Waals surface area contributed by atoms with Crippen LogP contribution in [0.3, 0.4) is 0 Å². The van der Waals surface area contributed by atoms with Crippen LogP contribution in [0.1, 0.15) is 46.4 Å². The molecule has 0 aliphatic heterocycles. The number of imidazole rings is 2. The standard InChI is InChI=1S/C9H11F6N2O4S2.C8H15N2.2C2H6O4S/c1-4-17-5(2)16(3)6(22(18,19)8(10,11)12)7(17)23(20,21)9(13,14)15;1-3-4-5-10-7-6-9(2)8-10;2*1-2-6-7(3,4)5/h4H2,1-3H3;6-8H,3-5H2,1-2H3;2*2H2,1H3,(H,3,4,5)/q2*+1;;/p-2. The zero-order valence-corrected chi connectivity index (χ0v) is 29.3. The topological polar surface area (TPSA) is 219 Å². The van der Waals surface area contributed by atoms with Gasteiger partial charge in [-0.3, -0.25) is 8.37 Å². The summed E-state index contributed by atoms with van der Waals surface area (Å²) in [4.78, 5) is 0. The van der Waals surface area contributed by atoms with Crippen molar-refractivity contribution in [1.82, 2.24) is 9.13 Å². The molecule has 278 valence electrons. The van der Waals surface area contributed by atoms with E-state index in [0.29, 0.717) is 4.57 Å². The van der Waals surface area contributed by atoms with Gasteiger partial charge in [-0.2, -0.15) is 26.3 Å². The second-order valence-electron chi connectivity index (χ2n) is 8.66. The summed E-state index contributed by atoms with van der Waals surface area (Å²) < 4.78 is 192. The van der Waals surface area contributed by atoms with Crippen LogP contribution in [0.2, 0.25) is 0 Å². The van der Waals surface area contributed by atoms with Crippen LogP contribution < -0.4 is 9.13 Å². The van der Waals surface area contributed by atoms with E-state index in [1.807, 2.05) is 7.05 Å². The number of hydrogen-bond acceptors (Lipinski definition) is 12. The van der Waals surface area contributed by atoms with Crippen LogP contribution in [0.5, 0.6) is 0 Å². The molecule has 2 rings (SSSR count). The third-order valence-corrected chi connectivity index (χ3v) is 9.46. The molecule has 2 heterocycles. The first-order valence-corrected chi connectivity index (χ1v) is 18.5. The highest BCUT2D eigenvalue weighted by atomic mass is 32.3. The maximum Gasteiger partial charge on any atom is 0.505 e. The van der Waals surface area contributed by atoms with E-state index in [1.165, 1.54) is 26.7 Å². The molecule has 0 aliphatic carbocycles. The summed E-state index contributed by atoms with van der Waals surface area (Å²) in [7, 11) is -18.7. The number of aryl methyl sites for hydroxylation is 2. The Labute approximate surface area is 269 Å². The van der Waals surface area contributed by atoms with E-state index in [9.17, 15) is 69.1 Å². The van der Waals surface area contributed by atoms with Crippen LogP contribution in [0.25, 0.3) is 0 Å². The average molecular weight is 779 g/mol. The smallest absolute Gasteiger partial charge is 0.505 e. The molecule has 0 unspecified atom stereocenters. The molecule has 16 nitrogen and oxygen atoms in total. The van der Waals surface area contributed by atoms with Crippen molar-refractivity contribution in [3.8, 4) is 0 Å². The summed E-state index contributed by atoms with van der Waals surface area (Å²) in [6.07, 6.45) is 8.82. The number of rotatable bonds is 10. The van der Waals surface area contributed by atoms with Gasteiger partial charge in [0.25, 0.3) is 15.9 Å². The second-order valence-corrected chi connectivity index (χ2v) is 14.5. The van der Waals surface area contributed by atoms with Gasteiger partial charge in [-0.25, -0.2) is 51.9 Å². The third-order valence-electron chi connectivity index (χ3n) is 5.16. The molecule has 26 heteroatoms. The molecule has 0 spiro atoms. The fraction of sp³-hybridized carbons (Fsp3) is 0.714. The molecule has 2 aromatic heterocycles. The van der Waals surface area contributed by atoms with Gasteiger partial charge < -0.3 is 9.11 Å². The number of unbranched alkanes of at least 4 members (excludes halogenated alkanes) is 1. The Morgan fingerprint density at radius 2 is 1.21 bits per heavy atom. The third kappa shape index (κ3) is 15.2. The second kappa shape index (κ2) is 18.4. The van der Waals surface area contributed by atoms with Gasteiger partial charge in [-0.05, 0) is 27.2 Å². The van der Waals surface area contributed by atoms with Gasteiger partial charge in [-0.1, -0.05) is 13.3 Å². The number of aromatic nitrogens is 4. The van der Waals surface area contributed by atoms with Crippen molar-refractivity contribution >= 4 is 40.5 Å². The number of alkyl halides is 6. The Hall–Kier alpha value is -2.36. The monoisotopic (exact) mass is 778 g/mol. The van der Waals surface area contributed by atoms with Gasteiger partial charge >= 0.3 is 30.7 Å². The number of sulfone groups is 2. The highest BCUT2D eigenvalue weighted by molar-refractivity contribution is 7.95. The summed E-state index contributed by atoms with van der Waals surface area (Å²) in [5.74, 6) is -0.404. The van der Waals surface area contributed by atoms with Gasteiger partial charge in [-0.15, -0.1) is 0 Å². The van der Waals surface area contributed by atoms with Crippen LogP contribution in [0.4, 0.5) is 26.3 Å². The first kappa shape index (κ1) is 46.8. The Kier molecular flexibility index (Phi) is 18.3. The van der Waals surface area contributed by atoms with Crippen LogP contribution in [-0.4, -0.2) is 76.1 Å². The van der Waals surface area contributed by atoms with Gasteiger partial charge in [0, 0.05) is 6.92 Å². The van der Waals surface area contributed by atoms with Crippen LogP contribution >= 0.6 is 0 Å². The van der Waals surface area contributed by atoms with Gasteiger partial charge in [0.2, 0.25) is 27.1 Å². The van der Waals surface area contributed by atoms with Crippen molar-refractivity contribution < 1.29 is 86.6 Å². The van der Waals surface area contributed by atoms with E-state index < -0.39 is 73.9 Å². The molecule has 0 radical (unpaired) electrons. The number of hydrogen-bond donors (Lipinski definition) is 0. The van der Waals surface area contributed by atoms with Gasteiger partial charge in [0.15, 0.2) is 0 Å². The summed E-state index contributed by atoms with van der Waals surface area (Å²) in [6.45, 7) is 7.70. The van der Waals surface area contributed by atoms with Gasteiger partial charge in [0.05, 0.1) is 40.4 Å². The zero-order valence-electron chi connectivity index (χ0n) is 26.1. The molecule has 47 heavy (non-hydrogen) atoms. The molecule has 0 aliphatic rings. The SMILES string of the molecule is CCCCn1cc[n+](C)c1.CCOS(=O)(=O)[O-].CCOS(=O)(=O)[O-].CCn1c(S(=O)(=O)C(F)(F)F)c(S(=O)(=O)C(F)(F)F)[n+](C)c1C. The minimum atomic E-state index is -6.33. The first-order valence-electron chi connectivity index (χ1n) is 12.9. The molecular weight excluding hydrogens is 743 g/mol. The molecule has 0 amide bonds. The lowest BCUT2D eigenvalue weighted by atomic mass is 10.3. The molecule has 0 saturated carbocycles. The molecule has 0 bridgehead atoms. The molecule has 2 aromatic rings. The average Bonchev–Trinajstić information content (AvgIpc) is 3.41. The highest BCUT2D eigenvalue weighted by Crippen LogP contribution is 2.38. The lowest BCUT2D eigenvalue weighted by molar-refractivity contribution is -0.715. The van der Waals surface area contributed by atoms with Crippen molar-refractivity contribution in [3.05, 3.63) is 24.5 Å². The van der Waals surface area contributed by atoms with Crippen molar-refractivity contribution in [3.63, 3.8) is 0 Å². The maximum absolute atomic E-state index is 12.8.